The minimum Gasteiger partial charge on any atom is -0.382 e. The first kappa shape index (κ1) is 10.4. The number of nitrogens with two attached hydrogens (primary N) is 1. The van der Waals surface area contributed by atoms with Crippen LogP contribution < -0.4 is 10.6 Å². The van der Waals surface area contributed by atoms with Crippen LogP contribution in [0.4, 0.5) is 11.6 Å². The van der Waals surface area contributed by atoms with Crippen molar-refractivity contribution in [3.8, 4) is 0 Å². The van der Waals surface area contributed by atoms with Crippen molar-refractivity contribution >= 4 is 11.6 Å². The molecule has 0 atom stereocenters. The highest BCUT2D eigenvalue weighted by molar-refractivity contribution is 5.40. The van der Waals surface area contributed by atoms with Gasteiger partial charge in [-0.25, -0.2) is 0 Å². The molecule has 6 heteroatoms. The third-order valence-electron chi connectivity index (χ3n) is 2.24. The molecule has 0 amide bonds. The van der Waals surface area contributed by atoms with Crippen LogP contribution in [0.3, 0.4) is 0 Å². The molecule has 0 spiro atoms. The Morgan fingerprint density at radius 1 is 1.38 bits per heavy atom. The van der Waals surface area contributed by atoms with E-state index in [1.807, 2.05) is 37.5 Å². The molecule has 0 saturated carbocycles. The van der Waals surface area contributed by atoms with E-state index in [0.717, 1.165) is 17.9 Å². The van der Waals surface area contributed by atoms with Crippen LogP contribution in [0.5, 0.6) is 0 Å². The molecule has 84 valence electrons. The smallest absolute Gasteiger partial charge is 0.151 e. The zero-order valence-electron chi connectivity index (χ0n) is 9.33. The number of hydrogen-bond acceptors (Lipinski definition) is 5. The summed E-state index contributed by atoms with van der Waals surface area (Å²) in [6, 6.07) is 3.58. The van der Waals surface area contributed by atoms with Gasteiger partial charge in [0.1, 0.15) is 5.82 Å². The molecule has 0 saturated heterocycles. The molecule has 0 fully saturated rings. The maximum absolute atomic E-state index is 5.48. The summed E-state index contributed by atoms with van der Waals surface area (Å²) in [7, 11) is 3.85. The number of hydrogen-bond donors (Lipinski definition) is 1. The first-order valence-corrected chi connectivity index (χ1v) is 4.93. The number of nitrogens with zero attached hydrogens (tertiary/aromatic N) is 5. The van der Waals surface area contributed by atoms with Gasteiger partial charge < -0.3 is 10.6 Å². The van der Waals surface area contributed by atoms with Gasteiger partial charge in [0.25, 0.3) is 0 Å². The topological polar surface area (TPSA) is 72.9 Å². The predicted octanol–water partition coefficient (Wildman–Crippen LogP) is 0.429. The molecular formula is C10H14N6. The second-order valence-electron chi connectivity index (χ2n) is 3.69. The van der Waals surface area contributed by atoms with E-state index in [0.29, 0.717) is 5.82 Å². The normalized spacial score (nSPS) is 10.4. The Morgan fingerprint density at radius 2 is 2.19 bits per heavy atom. The maximum atomic E-state index is 5.48. The van der Waals surface area contributed by atoms with Gasteiger partial charge in [-0.05, 0) is 12.1 Å². The Kier molecular flexibility index (Phi) is 2.72. The van der Waals surface area contributed by atoms with Gasteiger partial charge in [0.15, 0.2) is 5.82 Å². The third kappa shape index (κ3) is 2.28. The number of anilines is 2. The zero-order chi connectivity index (χ0) is 11.5. The monoisotopic (exact) mass is 218 g/mol. The van der Waals surface area contributed by atoms with E-state index in [4.69, 9.17) is 5.73 Å². The van der Waals surface area contributed by atoms with Crippen molar-refractivity contribution in [2.75, 3.05) is 17.7 Å². The molecular weight excluding hydrogens is 204 g/mol. The molecule has 2 aromatic rings. The molecule has 0 aliphatic rings. The van der Waals surface area contributed by atoms with E-state index in [2.05, 4.69) is 15.3 Å². The molecule has 6 nitrogen and oxygen atoms in total. The van der Waals surface area contributed by atoms with E-state index < -0.39 is 0 Å². The van der Waals surface area contributed by atoms with Gasteiger partial charge in [0, 0.05) is 32.4 Å². The first-order chi connectivity index (χ1) is 7.65. The first-order valence-electron chi connectivity index (χ1n) is 4.93. The molecule has 2 rings (SSSR count). The van der Waals surface area contributed by atoms with Crippen molar-refractivity contribution < 1.29 is 0 Å². The second-order valence-corrected chi connectivity index (χ2v) is 3.69. The number of aromatic nitrogens is 4. The van der Waals surface area contributed by atoms with Crippen LogP contribution in [0.2, 0.25) is 0 Å². The summed E-state index contributed by atoms with van der Waals surface area (Å²) < 4.78 is 1.78. The minimum atomic E-state index is 0.429. The Hall–Kier alpha value is -2.11. The molecule has 0 radical (unpaired) electrons. The largest absolute Gasteiger partial charge is 0.382 e. The molecule has 2 heterocycles. The second kappa shape index (κ2) is 4.18. The molecule has 0 bridgehead atoms. The quantitative estimate of drug-likeness (QED) is 0.808. The van der Waals surface area contributed by atoms with Gasteiger partial charge in [-0.2, -0.15) is 5.10 Å². The SMILES string of the molecule is CN(Cc1cnn(C)c1)c1ccc(N)nn1. The molecule has 0 unspecified atom stereocenters. The highest BCUT2D eigenvalue weighted by Gasteiger charge is 2.05. The zero-order valence-corrected chi connectivity index (χ0v) is 9.33. The summed E-state index contributed by atoms with van der Waals surface area (Å²) in [4.78, 5) is 1.99. The third-order valence-corrected chi connectivity index (χ3v) is 2.24. The number of aryl methyl sites for hydroxylation is 1. The molecule has 0 aromatic carbocycles. The van der Waals surface area contributed by atoms with Gasteiger partial charge in [-0.3, -0.25) is 4.68 Å². The van der Waals surface area contributed by atoms with Crippen molar-refractivity contribution in [3.05, 3.63) is 30.1 Å². The van der Waals surface area contributed by atoms with Crippen molar-refractivity contribution in [1.29, 1.82) is 0 Å². The lowest BCUT2D eigenvalue weighted by Crippen LogP contribution is -2.17. The maximum Gasteiger partial charge on any atom is 0.151 e. The number of nitrogen functional groups attached to an aromatic ring is 1. The van der Waals surface area contributed by atoms with Gasteiger partial charge >= 0.3 is 0 Å². The summed E-state index contributed by atoms with van der Waals surface area (Å²) in [5, 5.41) is 11.9. The van der Waals surface area contributed by atoms with Crippen LogP contribution in [-0.4, -0.2) is 27.0 Å². The Labute approximate surface area is 93.7 Å². The minimum absolute atomic E-state index is 0.429. The standard InChI is InChI=1S/C10H14N6/c1-15(6-8-5-12-16(2)7-8)10-4-3-9(11)13-14-10/h3-5,7H,6H2,1-2H3,(H2,11,13). The Morgan fingerprint density at radius 3 is 2.75 bits per heavy atom. The fourth-order valence-electron chi connectivity index (χ4n) is 1.45. The summed E-state index contributed by atoms with van der Waals surface area (Å²) in [6.07, 6.45) is 3.81. The number of rotatable bonds is 3. The van der Waals surface area contributed by atoms with Crippen molar-refractivity contribution in [1.82, 2.24) is 20.0 Å². The predicted molar refractivity (Wildman–Crippen MR) is 61.8 cm³/mol. The molecule has 0 aliphatic heterocycles. The molecule has 16 heavy (non-hydrogen) atoms. The summed E-state index contributed by atoms with van der Waals surface area (Å²) in [5.74, 6) is 1.22. The van der Waals surface area contributed by atoms with Crippen LogP contribution in [-0.2, 0) is 13.6 Å². The van der Waals surface area contributed by atoms with Crippen molar-refractivity contribution in [2.24, 2.45) is 7.05 Å². The van der Waals surface area contributed by atoms with Gasteiger partial charge in [0.2, 0.25) is 0 Å². The fraction of sp³-hybridized carbons (Fsp3) is 0.300. The summed E-state index contributed by atoms with van der Waals surface area (Å²) >= 11 is 0. The van der Waals surface area contributed by atoms with Crippen LogP contribution >= 0.6 is 0 Å². The fourth-order valence-corrected chi connectivity index (χ4v) is 1.45. The lowest BCUT2D eigenvalue weighted by molar-refractivity contribution is 0.766. The molecule has 0 aliphatic carbocycles. The Balaban J connectivity index is 2.08. The summed E-state index contributed by atoms with van der Waals surface area (Å²) in [5.41, 5.74) is 6.61. The van der Waals surface area contributed by atoms with E-state index in [1.165, 1.54) is 0 Å². The van der Waals surface area contributed by atoms with Crippen molar-refractivity contribution in [2.45, 2.75) is 6.54 Å². The average Bonchev–Trinajstić information content (AvgIpc) is 2.65. The van der Waals surface area contributed by atoms with Gasteiger partial charge in [-0.15, -0.1) is 10.2 Å². The van der Waals surface area contributed by atoms with E-state index >= 15 is 0 Å². The van der Waals surface area contributed by atoms with Crippen LogP contribution in [0.1, 0.15) is 5.56 Å². The van der Waals surface area contributed by atoms with Crippen molar-refractivity contribution in [3.63, 3.8) is 0 Å². The van der Waals surface area contributed by atoms with Gasteiger partial charge in [-0.1, -0.05) is 0 Å². The highest BCUT2D eigenvalue weighted by atomic mass is 15.3. The highest BCUT2D eigenvalue weighted by Crippen LogP contribution is 2.11. The lowest BCUT2D eigenvalue weighted by atomic mass is 10.3. The average molecular weight is 218 g/mol. The summed E-state index contributed by atoms with van der Waals surface area (Å²) in [6.45, 7) is 0.742. The van der Waals surface area contributed by atoms with E-state index in [-0.39, 0.29) is 0 Å². The van der Waals surface area contributed by atoms with Crippen LogP contribution in [0.15, 0.2) is 24.5 Å². The molecule has 2 aromatic heterocycles. The van der Waals surface area contributed by atoms with E-state index in [1.54, 1.807) is 10.7 Å². The van der Waals surface area contributed by atoms with Gasteiger partial charge in [0.05, 0.1) is 6.20 Å². The Bertz CT molecular complexity index is 460. The van der Waals surface area contributed by atoms with Crippen LogP contribution in [0, 0.1) is 0 Å². The lowest BCUT2D eigenvalue weighted by Gasteiger charge is -2.16. The van der Waals surface area contributed by atoms with Crippen LogP contribution in [0.25, 0.3) is 0 Å². The molecule has 2 N–H and O–H groups in total. The van der Waals surface area contributed by atoms with E-state index in [9.17, 15) is 0 Å².